The minimum atomic E-state index is -0.556. The van der Waals surface area contributed by atoms with Crippen LogP contribution >= 0.6 is 34.8 Å². The maximum absolute atomic E-state index is 11.0. The highest BCUT2D eigenvalue weighted by molar-refractivity contribution is 6.43. The van der Waals surface area contributed by atoms with Gasteiger partial charge in [-0.1, -0.05) is 53.0 Å². The Kier molecular flexibility index (Phi) is 5.50. The minimum absolute atomic E-state index is 0.0559. The topological polar surface area (TPSA) is 58.0 Å². The predicted molar refractivity (Wildman–Crippen MR) is 119 cm³/mol. The Morgan fingerprint density at radius 1 is 0.931 bits per heavy atom. The monoisotopic (exact) mass is 443 g/mol. The van der Waals surface area contributed by atoms with Gasteiger partial charge in [0, 0.05) is 33.9 Å². The van der Waals surface area contributed by atoms with Crippen LogP contribution in [0.4, 0.5) is 5.82 Å². The Labute approximate surface area is 183 Å². The molecular weight excluding hydrogens is 429 g/mol. The van der Waals surface area contributed by atoms with Gasteiger partial charge in [-0.25, -0.2) is 4.98 Å². The highest BCUT2D eigenvalue weighted by atomic mass is 35.5. The van der Waals surface area contributed by atoms with E-state index in [4.69, 9.17) is 34.8 Å². The van der Waals surface area contributed by atoms with Gasteiger partial charge in [0.05, 0.1) is 16.1 Å². The summed E-state index contributed by atoms with van der Waals surface area (Å²) >= 11 is 19.1. The molecule has 2 aromatic heterocycles. The third-order valence-electron chi connectivity index (χ3n) is 4.63. The first-order chi connectivity index (χ1) is 13.9. The number of nitrogens with one attached hydrogen (secondary N) is 1. The van der Waals surface area contributed by atoms with Gasteiger partial charge in [-0.05, 0) is 42.8 Å². The lowest BCUT2D eigenvalue weighted by Gasteiger charge is -2.23. The molecule has 29 heavy (non-hydrogen) atoms. The zero-order valence-electron chi connectivity index (χ0n) is 15.3. The number of aryl methyl sites for hydroxylation is 1. The molecule has 2 N–H and O–H groups in total. The van der Waals surface area contributed by atoms with Crippen LogP contribution in [0, 0.1) is 6.92 Å². The molecule has 1 unspecified atom stereocenters. The van der Waals surface area contributed by atoms with E-state index in [-0.39, 0.29) is 5.75 Å². The van der Waals surface area contributed by atoms with Crippen LogP contribution in [-0.2, 0) is 0 Å². The highest BCUT2D eigenvalue weighted by Crippen LogP contribution is 2.41. The van der Waals surface area contributed by atoms with E-state index in [1.54, 1.807) is 24.5 Å². The quantitative estimate of drug-likeness (QED) is 0.340. The van der Waals surface area contributed by atoms with E-state index in [1.165, 1.54) is 0 Å². The van der Waals surface area contributed by atoms with Crippen LogP contribution < -0.4 is 5.32 Å². The van der Waals surface area contributed by atoms with E-state index in [1.807, 2.05) is 43.3 Å². The second-order valence-corrected chi connectivity index (χ2v) is 7.89. The molecule has 7 heteroatoms. The molecule has 0 spiro atoms. The van der Waals surface area contributed by atoms with Gasteiger partial charge in [0.1, 0.15) is 17.1 Å². The largest absolute Gasteiger partial charge is 0.505 e. The van der Waals surface area contributed by atoms with Crippen molar-refractivity contribution < 1.29 is 5.11 Å². The fourth-order valence-electron chi connectivity index (χ4n) is 3.25. The number of nitrogens with zero attached hydrogens (tertiary/aromatic N) is 2. The summed E-state index contributed by atoms with van der Waals surface area (Å²) in [6.45, 7) is 1.97. The van der Waals surface area contributed by atoms with Gasteiger partial charge in [0.15, 0.2) is 0 Å². The Balaban J connectivity index is 1.93. The molecule has 0 amide bonds. The lowest BCUT2D eigenvalue weighted by Crippen LogP contribution is -2.14. The average molecular weight is 445 g/mol. The van der Waals surface area contributed by atoms with Crippen molar-refractivity contribution in [3.8, 4) is 5.75 Å². The van der Waals surface area contributed by atoms with Crippen LogP contribution in [0.2, 0.25) is 15.1 Å². The fourth-order valence-corrected chi connectivity index (χ4v) is 3.98. The molecule has 0 radical (unpaired) electrons. The molecule has 0 bridgehead atoms. The summed E-state index contributed by atoms with van der Waals surface area (Å²) in [5, 5.41) is 16.3. The first kappa shape index (κ1) is 19.8. The van der Waals surface area contributed by atoms with Crippen LogP contribution in [0.5, 0.6) is 5.75 Å². The zero-order chi connectivity index (χ0) is 20.5. The van der Waals surface area contributed by atoms with Crippen LogP contribution in [0.1, 0.15) is 22.7 Å². The number of fused-ring (bicyclic) bond motifs is 1. The Hall–Kier alpha value is -2.53. The van der Waals surface area contributed by atoms with Crippen LogP contribution in [-0.4, -0.2) is 15.1 Å². The van der Waals surface area contributed by atoms with E-state index in [0.29, 0.717) is 37.5 Å². The molecule has 4 nitrogen and oxygen atoms in total. The fraction of sp³-hybridized carbons (Fsp3) is 0.0909. The summed E-state index contributed by atoms with van der Waals surface area (Å²) in [5.74, 6) is 0.683. The molecule has 1 atom stereocenters. The van der Waals surface area contributed by atoms with Crippen molar-refractivity contribution in [1.82, 2.24) is 9.97 Å². The predicted octanol–water partition coefficient (Wildman–Crippen LogP) is 6.81. The first-order valence-corrected chi connectivity index (χ1v) is 9.97. The van der Waals surface area contributed by atoms with Crippen molar-refractivity contribution >= 4 is 51.5 Å². The lowest BCUT2D eigenvalue weighted by molar-refractivity contribution is 0.471. The maximum atomic E-state index is 11.0. The second-order valence-electron chi connectivity index (χ2n) is 6.67. The summed E-state index contributed by atoms with van der Waals surface area (Å²) in [6.07, 6.45) is 3.35. The molecule has 0 fully saturated rings. The number of phenolic OH excluding ortho intramolecular Hbond substituents is 1. The van der Waals surface area contributed by atoms with Gasteiger partial charge in [-0.3, -0.25) is 4.98 Å². The Morgan fingerprint density at radius 2 is 1.76 bits per heavy atom. The van der Waals surface area contributed by atoms with Gasteiger partial charge in [0.25, 0.3) is 0 Å². The molecule has 0 saturated heterocycles. The maximum Gasteiger partial charge on any atom is 0.147 e. The number of hydrogen-bond donors (Lipinski definition) is 2. The van der Waals surface area contributed by atoms with Gasteiger partial charge >= 0.3 is 0 Å². The Morgan fingerprint density at radius 3 is 2.55 bits per heavy atom. The number of phenols is 1. The number of hydrogen-bond acceptors (Lipinski definition) is 4. The summed E-state index contributed by atoms with van der Waals surface area (Å²) < 4.78 is 0. The molecule has 2 aromatic carbocycles. The summed E-state index contributed by atoms with van der Waals surface area (Å²) in [7, 11) is 0. The second kappa shape index (κ2) is 8.07. The average Bonchev–Trinajstić information content (AvgIpc) is 2.70. The normalized spacial score (nSPS) is 12.1. The van der Waals surface area contributed by atoms with E-state index >= 15 is 0 Å². The van der Waals surface area contributed by atoms with Gasteiger partial charge < -0.3 is 10.4 Å². The van der Waals surface area contributed by atoms with Crippen molar-refractivity contribution in [1.29, 1.82) is 0 Å². The van der Waals surface area contributed by atoms with Crippen LogP contribution in [0.3, 0.4) is 0 Å². The van der Waals surface area contributed by atoms with Gasteiger partial charge in [0.2, 0.25) is 0 Å². The van der Waals surface area contributed by atoms with E-state index in [2.05, 4.69) is 15.3 Å². The Bertz CT molecular complexity index is 1210. The molecular formula is C22H16Cl3N3O. The minimum Gasteiger partial charge on any atom is -0.505 e. The highest BCUT2D eigenvalue weighted by Gasteiger charge is 2.24. The molecule has 2 heterocycles. The summed E-state index contributed by atoms with van der Waals surface area (Å²) in [6, 6.07) is 14.0. The molecule has 0 aliphatic carbocycles. The lowest BCUT2D eigenvalue weighted by atomic mass is 9.96. The molecule has 4 aromatic rings. The molecule has 0 aliphatic heterocycles. The van der Waals surface area contributed by atoms with Crippen LogP contribution in [0.15, 0.2) is 60.9 Å². The van der Waals surface area contributed by atoms with E-state index in [9.17, 15) is 5.11 Å². The van der Waals surface area contributed by atoms with Gasteiger partial charge in [-0.2, -0.15) is 0 Å². The first-order valence-electron chi connectivity index (χ1n) is 8.84. The van der Waals surface area contributed by atoms with Crippen molar-refractivity contribution in [2.45, 2.75) is 13.0 Å². The number of benzene rings is 2. The molecule has 0 saturated carbocycles. The molecule has 146 valence electrons. The number of aromatic hydroxyl groups is 1. The summed E-state index contributed by atoms with van der Waals surface area (Å²) in [5.41, 5.74) is 2.75. The van der Waals surface area contributed by atoms with Crippen molar-refractivity contribution in [3.05, 3.63) is 92.7 Å². The number of anilines is 1. The standard InChI is InChI=1S/C22H16Cl3N3O/c1-12-6-8-26-18(9-12)28-21(16-10-14(23)11-17(24)19(16)25)15-5-4-13-3-2-7-27-20(13)22(15)29/h2-11,21,29H,1H3,(H,26,28). The summed E-state index contributed by atoms with van der Waals surface area (Å²) in [4.78, 5) is 8.70. The SMILES string of the molecule is Cc1ccnc(NC(c2cc(Cl)cc(Cl)c2Cl)c2ccc3cccnc3c2O)c1. The number of aromatic nitrogens is 2. The van der Waals surface area contributed by atoms with E-state index in [0.717, 1.165) is 10.9 Å². The zero-order valence-corrected chi connectivity index (χ0v) is 17.6. The van der Waals surface area contributed by atoms with Crippen LogP contribution in [0.25, 0.3) is 10.9 Å². The third-order valence-corrected chi connectivity index (χ3v) is 5.66. The number of halogens is 3. The van der Waals surface area contributed by atoms with Gasteiger partial charge in [-0.15, -0.1) is 0 Å². The molecule has 0 aliphatic rings. The van der Waals surface area contributed by atoms with Crippen molar-refractivity contribution in [2.75, 3.05) is 5.32 Å². The molecule has 4 rings (SSSR count). The van der Waals surface area contributed by atoms with E-state index < -0.39 is 6.04 Å². The number of pyridine rings is 2. The smallest absolute Gasteiger partial charge is 0.147 e. The number of rotatable bonds is 4. The van der Waals surface area contributed by atoms with Crippen molar-refractivity contribution in [2.24, 2.45) is 0 Å². The van der Waals surface area contributed by atoms with Crippen molar-refractivity contribution in [3.63, 3.8) is 0 Å². The third kappa shape index (κ3) is 3.97.